The maximum absolute atomic E-state index is 2.37. The zero-order valence-corrected chi connectivity index (χ0v) is 16.5. The molecule has 0 amide bonds. The van der Waals surface area contributed by atoms with E-state index in [1.807, 2.05) is 0 Å². The molecule has 24 heavy (non-hydrogen) atoms. The van der Waals surface area contributed by atoms with Gasteiger partial charge in [-0.05, 0) is 76.0 Å². The average Bonchev–Trinajstić information content (AvgIpc) is 2.64. The lowest BCUT2D eigenvalue weighted by Gasteiger charge is -2.29. The number of unbranched alkanes of at least 4 members (excludes halogenated alkanes) is 1. The lowest BCUT2D eigenvalue weighted by atomic mass is 9.77. The summed E-state index contributed by atoms with van der Waals surface area (Å²) in [6.07, 6.45) is 29.9. The highest BCUT2D eigenvalue weighted by molar-refractivity contribution is 4.84. The van der Waals surface area contributed by atoms with Crippen molar-refractivity contribution in [1.29, 1.82) is 0 Å². The Morgan fingerprint density at radius 3 is 1.21 bits per heavy atom. The summed E-state index contributed by atoms with van der Waals surface area (Å²) in [7, 11) is 0. The minimum absolute atomic E-state index is 0.996. The number of hydrogen-bond donors (Lipinski definition) is 0. The van der Waals surface area contributed by atoms with Crippen molar-refractivity contribution in [2.24, 2.45) is 23.7 Å². The lowest BCUT2D eigenvalue weighted by Crippen LogP contribution is -2.15. The highest BCUT2D eigenvalue weighted by atomic mass is 14.3. The van der Waals surface area contributed by atoms with E-state index in [0.29, 0.717) is 0 Å². The van der Waals surface area contributed by atoms with Crippen LogP contribution < -0.4 is 0 Å². The molecule has 0 saturated heterocycles. The second-order valence-electron chi connectivity index (χ2n) is 8.67. The summed E-state index contributed by atoms with van der Waals surface area (Å²) in [5.41, 5.74) is 0. The fourth-order valence-electron chi connectivity index (χ4n) is 5.03. The molecule has 0 radical (unpaired) electrons. The van der Waals surface area contributed by atoms with Crippen molar-refractivity contribution in [1.82, 2.24) is 0 Å². The topological polar surface area (TPSA) is 0 Å². The summed E-state index contributed by atoms with van der Waals surface area (Å²) in [6.45, 7) is 4.31. The van der Waals surface area contributed by atoms with Crippen LogP contribution in [0.2, 0.25) is 0 Å². The molecule has 138 valence electrons. The Morgan fingerprint density at radius 2 is 0.875 bits per heavy atom. The maximum Gasteiger partial charge on any atom is -0.0322 e. The van der Waals surface area contributed by atoms with Gasteiger partial charge in [-0.2, -0.15) is 0 Å². The largest absolute Gasteiger partial charge is 0.0917 e. The third-order valence-electron chi connectivity index (χ3n) is 6.82. The van der Waals surface area contributed by atoms with E-state index in [4.69, 9.17) is 0 Å². The van der Waals surface area contributed by atoms with Crippen molar-refractivity contribution in [3.8, 4) is 0 Å². The lowest BCUT2D eigenvalue weighted by molar-refractivity contribution is 0.243. The highest BCUT2D eigenvalue weighted by Crippen LogP contribution is 2.36. The fourth-order valence-corrected chi connectivity index (χ4v) is 5.03. The van der Waals surface area contributed by atoms with Crippen LogP contribution in [-0.4, -0.2) is 0 Å². The normalized spacial score (nSPS) is 31.9. The Bertz CT molecular complexity index is 312. The van der Waals surface area contributed by atoms with Crippen LogP contribution in [0, 0.1) is 23.7 Å². The van der Waals surface area contributed by atoms with Crippen molar-refractivity contribution in [2.75, 3.05) is 0 Å². The monoisotopic (exact) mass is 330 g/mol. The summed E-state index contributed by atoms with van der Waals surface area (Å²) in [6, 6.07) is 0. The van der Waals surface area contributed by atoms with Gasteiger partial charge in [-0.3, -0.25) is 0 Å². The van der Waals surface area contributed by atoms with Gasteiger partial charge in [-0.1, -0.05) is 75.7 Å². The first-order valence-corrected chi connectivity index (χ1v) is 11.0. The molecular weight excluding hydrogens is 288 g/mol. The molecule has 0 nitrogen and oxygen atoms in total. The molecule has 0 unspecified atom stereocenters. The van der Waals surface area contributed by atoms with Crippen LogP contribution >= 0.6 is 0 Å². The number of rotatable bonds is 9. The first-order chi connectivity index (χ1) is 11.8. The average molecular weight is 331 g/mol. The first kappa shape index (κ1) is 19.8. The molecule has 2 aliphatic rings. The van der Waals surface area contributed by atoms with E-state index in [9.17, 15) is 0 Å². The van der Waals surface area contributed by atoms with Crippen LogP contribution in [0.4, 0.5) is 0 Å². The molecule has 0 spiro atoms. The predicted octanol–water partition coefficient (Wildman–Crippen LogP) is 8.09. The van der Waals surface area contributed by atoms with E-state index in [2.05, 4.69) is 38.2 Å². The van der Waals surface area contributed by atoms with Gasteiger partial charge >= 0.3 is 0 Å². The Hall–Kier alpha value is -0.520. The van der Waals surface area contributed by atoms with Crippen molar-refractivity contribution in [3.63, 3.8) is 0 Å². The van der Waals surface area contributed by atoms with E-state index in [-0.39, 0.29) is 0 Å². The van der Waals surface area contributed by atoms with Gasteiger partial charge in [0, 0.05) is 0 Å². The molecule has 0 bridgehead atoms. The van der Waals surface area contributed by atoms with Gasteiger partial charge < -0.3 is 0 Å². The van der Waals surface area contributed by atoms with Gasteiger partial charge in [0.1, 0.15) is 0 Å². The summed E-state index contributed by atoms with van der Waals surface area (Å²) in [4.78, 5) is 0. The van der Waals surface area contributed by atoms with Crippen LogP contribution in [0.5, 0.6) is 0 Å². The van der Waals surface area contributed by atoms with Gasteiger partial charge in [0.05, 0.1) is 0 Å². The molecule has 0 heteroatoms. The molecule has 0 aromatic heterocycles. The summed E-state index contributed by atoms with van der Waals surface area (Å²) < 4.78 is 0. The summed E-state index contributed by atoms with van der Waals surface area (Å²) in [5, 5.41) is 0. The molecule has 0 aliphatic heterocycles. The van der Waals surface area contributed by atoms with E-state index in [0.717, 1.165) is 23.7 Å². The van der Waals surface area contributed by atoms with Crippen molar-refractivity contribution < 1.29 is 0 Å². The van der Waals surface area contributed by atoms with Crippen molar-refractivity contribution in [2.45, 2.75) is 104 Å². The van der Waals surface area contributed by atoms with Crippen LogP contribution in [0.1, 0.15) is 104 Å². The molecule has 0 aromatic rings. The van der Waals surface area contributed by atoms with Gasteiger partial charge in [-0.15, -0.1) is 0 Å². The Morgan fingerprint density at radius 1 is 0.542 bits per heavy atom. The van der Waals surface area contributed by atoms with Gasteiger partial charge in [0.15, 0.2) is 0 Å². The minimum Gasteiger partial charge on any atom is -0.0917 e. The highest BCUT2D eigenvalue weighted by Gasteiger charge is 2.21. The molecular formula is C24H42. The molecule has 0 heterocycles. The van der Waals surface area contributed by atoms with E-state index in [1.54, 1.807) is 0 Å². The number of allylic oxidation sites excluding steroid dienone is 4. The second-order valence-corrected chi connectivity index (χ2v) is 8.67. The third-order valence-corrected chi connectivity index (χ3v) is 6.82. The number of hydrogen-bond acceptors (Lipinski definition) is 0. The smallest absolute Gasteiger partial charge is 0.0322 e. The van der Waals surface area contributed by atoms with E-state index in [1.165, 1.54) is 89.9 Å². The molecule has 2 fully saturated rings. The van der Waals surface area contributed by atoms with Crippen LogP contribution in [-0.2, 0) is 0 Å². The second kappa shape index (κ2) is 11.9. The van der Waals surface area contributed by atoms with Crippen molar-refractivity contribution >= 4 is 0 Å². The zero-order valence-electron chi connectivity index (χ0n) is 16.5. The van der Waals surface area contributed by atoms with Gasteiger partial charge in [-0.25, -0.2) is 0 Å². The Balaban J connectivity index is 1.47. The van der Waals surface area contributed by atoms with Gasteiger partial charge in [0.25, 0.3) is 0 Å². The molecule has 2 saturated carbocycles. The standard InChI is InChI=1S/C24H42/c1-3-5-9-21-13-17-23(18-14-21)11-7-8-12-24-19-15-22(16-20-24)10-6-4-2/h3-6,21-24H,7-20H2,1-2H3/b5-3+,6-4+/t21-,22?,23-,24?. The predicted molar refractivity (Wildman–Crippen MR) is 108 cm³/mol. The molecule has 2 aliphatic carbocycles. The fraction of sp³-hybridized carbons (Fsp3) is 0.833. The van der Waals surface area contributed by atoms with Crippen LogP contribution in [0.25, 0.3) is 0 Å². The summed E-state index contributed by atoms with van der Waals surface area (Å²) in [5.74, 6) is 4.11. The SMILES string of the molecule is C/C=C/CC1CCC(CCCC[C@H]2CC[C@H](C/C=C/C)CC2)CC1. The van der Waals surface area contributed by atoms with Gasteiger partial charge in [0.2, 0.25) is 0 Å². The Kier molecular flexibility index (Phi) is 9.85. The van der Waals surface area contributed by atoms with Crippen LogP contribution in [0.3, 0.4) is 0 Å². The van der Waals surface area contributed by atoms with E-state index >= 15 is 0 Å². The molecule has 0 N–H and O–H groups in total. The quantitative estimate of drug-likeness (QED) is 0.296. The summed E-state index contributed by atoms with van der Waals surface area (Å²) >= 11 is 0. The van der Waals surface area contributed by atoms with Crippen molar-refractivity contribution in [3.05, 3.63) is 24.3 Å². The first-order valence-electron chi connectivity index (χ1n) is 11.0. The van der Waals surface area contributed by atoms with Crippen LogP contribution in [0.15, 0.2) is 24.3 Å². The molecule has 0 atom stereocenters. The van der Waals surface area contributed by atoms with E-state index < -0.39 is 0 Å². The minimum atomic E-state index is 0.996. The third kappa shape index (κ3) is 7.58. The maximum atomic E-state index is 2.37. The molecule has 2 rings (SSSR count). The zero-order chi connectivity index (χ0) is 17.0. The molecule has 0 aromatic carbocycles. The Labute approximate surface area is 152 Å².